The summed E-state index contributed by atoms with van der Waals surface area (Å²) in [4.78, 5) is 3.97. The van der Waals surface area contributed by atoms with Gasteiger partial charge in [-0.1, -0.05) is 17.7 Å². The Kier molecular flexibility index (Phi) is 4.57. The molecule has 112 valence electrons. The summed E-state index contributed by atoms with van der Waals surface area (Å²) in [5, 5.41) is 9.81. The first-order valence-corrected chi connectivity index (χ1v) is 7.54. The van der Waals surface area contributed by atoms with Crippen LogP contribution in [0, 0.1) is 11.3 Å². The first kappa shape index (κ1) is 14.8. The van der Waals surface area contributed by atoms with Gasteiger partial charge in [-0.15, -0.1) is 0 Å². The van der Waals surface area contributed by atoms with Gasteiger partial charge in [-0.05, 0) is 35.4 Å². The number of benzene rings is 1. The van der Waals surface area contributed by atoms with E-state index in [0.29, 0.717) is 29.7 Å². The highest BCUT2D eigenvalue weighted by atomic mass is 35.5. The lowest BCUT2D eigenvalue weighted by molar-refractivity contribution is 0.0254. The van der Waals surface area contributed by atoms with Gasteiger partial charge in [0.15, 0.2) is 0 Å². The number of nitriles is 1. The van der Waals surface area contributed by atoms with Crippen LogP contribution in [-0.4, -0.2) is 24.3 Å². The summed E-state index contributed by atoms with van der Waals surface area (Å²) in [6.07, 6.45) is 3.47. The average Bonchev–Trinajstić information content (AvgIpc) is 2.56. The Balaban J connectivity index is 1.86. The van der Waals surface area contributed by atoms with Crippen LogP contribution in [0.4, 0.5) is 0 Å². The molecule has 1 aromatic carbocycles. The van der Waals surface area contributed by atoms with Crippen LogP contribution in [-0.2, 0) is 4.74 Å². The van der Waals surface area contributed by atoms with E-state index in [2.05, 4.69) is 11.1 Å². The van der Waals surface area contributed by atoms with Crippen molar-refractivity contribution in [3.8, 4) is 22.9 Å². The molecule has 0 spiro atoms. The lowest BCUT2D eigenvalue weighted by Crippen LogP contribution is -2.26. The molecule has 3 rings (SSSR count). The van der Waals surface area contributed by atoms with Gasteiger partial charge in [0.2, 0.25) is 0 Å². The first-order chi connectivity index (χ1) is 10.8. The molecule has 0 unspecified atom stereocenters. The van der Waals surface area contributed by atoms with Gasteiger partial charge >= 0.3 is 0 Å². The van der Waals surface area contributed by atoms with Crippen LogP contribution in [0.3, 0.4) is 0 Å². The molecule has 0 saturated carbocycles. The predicted octanol–water partition coefficient (Wildman–Crippen LogP) is 3.83. The Bertz CT molecular complexity index is 706. The topological polar surface area (TPSA) is 55.1 Å². The standard InChI is InChI=1S/C17H15ClN2O2/c18-17-10-13(3-6-20-17)12-1-2-16(14(9-12)11-19)22-15-4-7-21-8-5-15/h1-3,6,9-10,15H,4-5,7-8H2. The van der Waals surface area contributed by atoms with Gasteiger partial charge < -0.3 is 9.47 Å². The number of hydrogen-bond acceptors (Lipinski definition) is 4. The van der Waals surface area contributed by atoms with E-state index < -0.39 is 0 Å². The summed E-state index contributed by atoms with van der Waals surface area (Å²) in [6, 6.07) is 11.4. The van der Waals surface area contributed by atoms with Gasteiger partial charge in [-0.3, -0.25) is 0 Å². The molecule has 1 aliphatic heterocycles. The Morgan fingerprint density at radius 3 is 2.68 bits per heavy atom. The van der Waals surface area contributed by atoms with Crippen molar-refractivity contribution in [3.63, 3.8) is 0 Å². The van der Waals surface area contributed by atoms with Gasteiger partial charge in [0.05, 0.1) is 18.8 Å². The molecule has 5 heteroatoms. The van der Waals surface area contributed by atoms with Crippen LogP contribution in [0.25, 0.3) is 11.1 Å². The normalized spacial score (nSPS) is 15.3. The Morgan fingerprint density at radius 1 is 1.18 bits per heavy atom. The second kappa shape index (κ2) is 6.78. The Hall–Kier alpha value is -2.09. The van der Waals surface area contributed by atoms with Gasteiger partial charge in [0.1, 0.15) is 23.1 Å². The molecule has 22 heavy (non-hydrogen) atoms. The third-order valence-corrected chi connectivity index (χ3v) is 3.83. The summed E-state index contributed by atoms with van der Waals surface area (Å²) in [6.45, 7) is 1.42. The number of pyridine rings is 1. The molecular formula is C17H15ClN2O2. The fourth-order valence-electron chi connectivity index (χ4n) is 2.46. The molecule has 0 N–H and O–H groups in total. The second-order valence-corrected chi connectivity index (χ2v) is 5.51. The van der Waals surface area contributed by atoms with E-state index in [1.165, 1.54) is 0 Å². The highest BCUT2D eigenvalue weighted by molar-refractivity contribution is 6.29. The summed E-state index contributed by atoms with van der Waals surface area (Å²) in [5.74, 6) is 0.623. The quantitative estimate of drug-likeness (QED) is 0.808. The van der Waals surface area contributed by atoms with E-state index in [0.717, 1.165) is 24.0 Å². The molecule has 1 fully saturated rings. The summed E-state index contributed by atoms with van der Waals surface area (Å²) in [7, 11) is 0. The maximum absolute atomic E-state index is 9.38. The zero-order valence-electron chi connectivity index (χ0n) is 12.0. The molecular weight excluding hydrogens is 300 g/mol. The monoisotopic (exact) mass is 314 g/mol. The van der Waals surface area contributed by atoms with Gasteiger partial charge in [0, 0.05) is 19.0 Å². The molecule has 1 aromatic heterocycles. The van der Waals surface area contributed by atoms with Crippen molar-refractivity contribution >= 4 is 11.6 Å². The molecule has 1 aliphatic rings. The van der Waals surface area contributed by atoms with Crippen LogP contribution in [0.15, 0.2) is 36.5 Å². The van der Waals surface area contributed by atoms with Crippen molar-refractivity contribution in [2.45, 2.75) is 18.9 Å². The van der Waals surface area contributed by atoms with E-state index in [-0.39, 0.29) is 6.10 Å². The Morgan fingerprint density at radius 2 is 1.95 bits per heavy atom. The maximum atomic E-state index is 9.38. The lowest BCUT2D eigenvalue weighted by atomic mass is 10.0. The molecule has 2 heterocycles. The molecule has 0 radical (unpaired) electrons. The SMILES string of the molecule is N#Cc1cc(-c2ccnc(Cl)c2)ccc1OC1CCOCC1. The van der Waals surface area contributed by atoms with Crippen molar-refractivity contribution in [1.29, 1.82) is 5.26 Å². The fourth-order valence-corrected chi connectivity index (χ4v) is 2.63. The van der Waals surface area contributed by atoms with E-state index >= 15 is 0 Å². The minimum atomic E-state index is 0.113. The molecule has 4 nitrogen and oxygen atoms in total. The van der Waals surface area contributed by atoms with E-state index in [1.54, 1.807) is 12.3 Å². The van der Waals surface area contributed by atoms with Crippen molar-refractivity contribution < 1.29 is 9.47 Å². The Labute approximate surface area is 134 Å². The lowest BCUT2D eigenvalue weighted by Gasteiger charge is -2.23. The van der Waals surface area contributed by atoms with Gasteiger partial charge in [-0.2, -0.15) is 5.26 Å². The minimum Gasteiger partial charge on any atom is -0.489 e. The molecule has 0 atom stereocenters. The van der Waals surface area contributed by atoms with Crippen molar-refractivity contribution in [1.82, 2.24) is 4.98 Å². The van der Waals surface area contributed by atoms with Crippen LogP contribution in [0.5, 0.6) is 5.75 Å². The number of hydrogen-bond donors (Lipinski definition) is 0. The zero-order chi connectivity index (χ0) is 15.4. The smallest absolute Gasteiger partial charge is 0.137 e. The molecule has 0 aliphatic carbocycles. The molecule has 0 amide bonds. The van der Waals surface area contributed by atoms with E-state index in [4.69, 9.17) is 21.1 Å². The number of halogens is 1. The minimum absolute atomic E-state index is 0.113. The van der Waals surface area contributed by atoms with Crippen molar-refractivity contribution in [2.24, 2.45) is 0 Å². The van der Waals surface area contributed by atoms with Crippen molar-refractivity contribution in [3.05, 3.63) is 47.2 Å². The number of rotatable bonds is 3. The number of nitrogens with zero attached hydrogens (tertiary/aromatic N) is 2. The molecule has 1 saturated heterocycles. The first-order valence-electron chi connectivity index (χ1n) is 7.17. The predicted molar refractivity (Wildman–Crippen MR) is 83.9 cm³/mol. The number of ether oxygens (including phenoxy) is 2. The zero-order valence-corrected chi connectivity index (χ0v) is 12.7. The third-order valence-electron chi connectivity index (χ3n) is 3.62. The maximum Gasteiger partial charge on any atom is 0.137 e. The number of aromatic nitrogens is 1. The van der Waals surface area contributed by atoms with E-state index in [9.17, 15) is 5.26 Å². The van der Waals surface area contributed by atoms with Crippen LogP contribution in [0.1, 0.15) is 18.4 Å². The largest absolute Gasteiger partial charge is 0.489 e. The fraction of sp³-hybridized carbons (Fsp3) is 0.294. The van der Waals surface area contributed by atoms with Gasteiger partial charge in [-0.25, -0.2) is 4.98 Å². The summed E-state index contributed by atoms with van der Waals surface area (Å²) >= 11 is 5.92. The second-order valence-electron chi connectivity index (χ2n) is 5.12. The summed E-state index contributed by atoms with van der Waals surface area (Å²) in [5.41, 5.74) is 2.37. The van der Waals surface area contributed by atoms with Crippen LogP contribution < -0.4 is 4.74 Å². The van der Waals surface area contributed by atoms with Gasteiger partial charge in [0.25, 0.3) is 0 Å². The molecule has 0 bridgehead atoms. The van der Waals surface area contributed by atoms with Crippen LogP contribution >= 0.6 is 11.6 Å². The third kappa shape index (κ3) is 3.38. The molecule has 2 aromatic rings. The summed E-state index contributed by atoms with van der Waals surface area (Å²) < 4.78 is 11.3. The highest BCUT2D eigenvalue weighted by Gasteiger charge is 2.17. The average molecular weight is 315 g/mol. The van der Waals surface area contributed by atoms with Crippen LogP contribution in [0.2, 0.25) is 5.15 Å². The van der Waals surface area contributed by atoms with Crippen molar-refractivity contribution in [2.75, 3.05) is 13.2 Å². The van der Waals surface area contributed by atoms with E-state index in [1.807, 2.05) is 24.3 Å². The highest BCUT2D eigenvalue weighted by Crippen LogP contribution is 2.28.